The van der Waals surface area contributed by atoms with Gasteiger partial charge in [0.1, 0.15) is 0 Å². The lowest BCUT2D eigenvalue weighted by Gasteiger charge is -2.12. The molecule has 1 saturated heterocycles. The van der Waals surface area contributed by atoms with Crippen molar-refractivity contribution >= 4 is 34.6 Å². The van der Waals surface area contributed by atoms with Crippen LogP contribution in [0.15, 0.2) is 58.4 Å². The fourth-order valence-electron chi connectivity index (χ4n) is 2.73. The van der Waals surface area contributed by atoms with Crippen molar-refractivity contribution in [2.45, 2.75) is 13.8 Å². The summed E-state index contributed by atoms with van der Waals surface area (Å²) < 4.78 is 11.1. The number of thioether (sulfide) groups is 1. The number of carbonyl (C=O) groups excluding carboxylic acids is 1. The molecule has 140 valence electrons. The maximum absolute atomic E-state index is 12.8. The predicted octanol–water partition coefficient (Wildman–Crippen LogP) is 4.72. The molecule has 0 atom stereocenters. The first-order valence-corrected chi connectivity index (χ1v) is 9.64. The van der Waals surface area contributed by atoms with Gasteiger partial charge in [-0.25, -0.2) is 4.99 Å². The molecule has 0 spiro atoms. The molecule has 5 nitrogen and oxygen atoms in total. The van der Waals surface area contributed by atoms with E-state index in [2.05, 4.69) is 4.99 Å². The fraction of sp³-hybridized carbons (Fsp3) is 0.238. The van der Waals surface area contributed by atoms with Gasteiger partial charge in [0, 0.05) is 12.1 Å². The van der Waals surface area contributed by atoms with E-state index >= 15 is 0 Å². The van der Waals surface area contributed by atoms with Gasteiger partial charge >= 0.3 is 0 Å². The number of ether oxygens (including phenoxy) is 2. The second kappa shape index (κ2) is 8.77. The summed E-state index contributed by atoms with van der Waals surface area (Å²) in [5.41, 5.74) is 1.63. The van der Waals surface area contributed by atoms with Crippen LogP contribution in [0.2, 0.25) is 0 Å². The molecule has 0 saturated carbocycles. The van der Waals surface area contributed by atoms with Gasteiger partial charge in [-0.3, -0.25) is 9.69 Å². The van der Waals surface area contributed by atoms with Gasteiger partial charge in [-0.15, -0.1) is 0 Å². The number of amidine groups is 1. The molecule has 1 fully saturated rings. The van der Waals surface area contributed by atoms with Gasteiger partial charge in [-0.05, 0) is 49.9 Å². The Morgan fingerprint density at radius 3 is 2.56 bits per heavy atom. The highest BCUT2D eigenvalue weighted by atomic mass is 32.2. The minimum Gasteiger partial charge on any atom is -0.493 e. The van der Waals surface area contributed by atoms with E-state index in [1.807, 2.05) is 68.5 Å². The maximum Gasteiger partial charge on any atom is 0.266 e. The molecule has 27 heavy (non-hydrogen) atoms. The summed E-state index contributed by atoms with van der Waals surface area (Å²) in [5.74, 6) is 1.23. The number of hydrogen-bond acceptors (Lipinski definition) is 5. The van der Waals surface area contributed by atoms with E-state index in [9.17, 15) is 4.79 Å². The van der Waals surface area contributed by atoms with Crippen molar-refractivity contribution < 1.29 is 14.3 Å². The van der Waals surface area contributed by atoms with Crippen LogP contribution < -0.4 is 9.47 Å². The molecule has 0 aromatic heterocycles. The van der Waals surface area contributed by atoms with E-state index < -0.39 is 0 Å². The number of methoxy groups -OCH3 is 1. The van der Waals surface area contributed by atoms with Gasteiger partial charge < -0.3 is 9.47 Å². The molecule has 6 heteroatoms. The summed E-state index contributed by atoms with van der Waals surface area (Å²) in [7, 11) is 1.60. The molecule has 0 N–H and O–H groups in total. The van der Waals surface area contributed by atoms with Crippen molar-refractivity contribution in [3.63, 3.8) is 0 Å². The molecule has 0 radical (unpaired) electrons. The number of benzene rings is 2. The number of rotatable bonds is 6. The lowest BCUT2D eigenvalue weighted by Crippen LogP contribution is -2.28. The van der Waals surface area contributed by atoms with Crippen LogP contribution in [-0.4, -0.2) is 36.2 Å². The van der Waals surface area contributed by atoms with Crippen LogP contribution in [0.5, 0.6) is 11.5 Å². The van der Waals surface area contributed by atoms with Crippen LogP contribution in [0.1, 0.15) is 19.4 Å². The summed E-state index contributed by atoms with van der Waals surface area (Å²) >= 11 is 1.37. The lowest BCUT2D eigenvalue weighted by atomic mass is 10.1. The van der Waals surface area contributed by atoms with E-state index in [0.717, 1.165) is 11.3 Å². The predicted molar refractivity (Wildman–Crippen MR) is 111 cm³/mol. The molecule has 1 aliphatic rings. The number of carbonyl (C=O) groups is 1. The van der Waals surface area contributed by atoms with E-state index in [4.69, 9.17) is 9.47 Å². The Bertz CT molecular complexity index is 878. The highest BCUT2D eigenvalue weighted by Gasteiger charge is 2.32. The van der Waals surface area contributed by atoms with Gasteiger partial charge in [-0.1, -0.05) is 30.3 Å². The SMILES string of the molecule is CCOc1c(/C=C2/SC(=Nc3ccccc3)N(CC)C2=O)cccc1OC. The zero-order valence-corrected chi connectivity index (χ0v) is 16.5. The second-order valence-electron chi connectivity index (χ2n) is 5.70. The van der Waals surface area contributed by atoms with Crippen LogP contribution in [-0.2, 0) is 4.79 Å². The molecule has 3 rings (SSSR count). The minimum atomic E-state index is -0.0533. The molecule has 2 aromatic carbocycles. The van der Waals surface area contributed by atoms with E-state index in [-0.39, 0.29) is 5.91 Å². The first-order valence-electron chi connectivity index (χ1n) is 8.82. The third kappa shape index (κ3) is 4.17. The molecule has 2 aromatic rings. The average molecular weight is 382 g/mol. The number of likely N-dealkylation sites (N-methyl/N-ethyl adjacent to an activating group) is 1. The van der Waals surface area contributed by atoms with Gasteiger partial charge in [-0.2, -0.15) is 0 Å². The van der Waals surface area contributed by atoms with E-state index in [1.165, 1.54) is 11.8 Å². The van der Waals surface area contributed by atoms with Crippen LogP contribution in [0.4, 0.5) is 5.69 Å². The highest BCUT2D eigenvalue weighted by molar-refractivity contribution is 8.18. The molecule has 0 aliphatic carbocycles. The van der Waals surface area contributed by atoms with Crippen LogP contribution in [0.3, 0.4) is 0 Å². The number of para-hydroxylation sites is 2. The Labute approximate surface area is 163 Å². The Morgan fingerprint density at radius 1 is 1.11 bits per heavy atom. The lowest BCUT2D eigenvalue weighted by molar-refractivity contribution is -0.122. The van der Waals surface area contributed by atoms with Gasteiger partial charge in [0.15, 0.2) is 16.7 Å². The molecular formula is C21H22N2O3S. The average Bonchev–Trinajstić information content (AvgIpc) is 2.98. The maximum atomic E-state index is 12.8. The summed E-state index contributed by atoms with van der Waals surface area (Å²) in [6.07, 6.45) is 1.84. The van der Waals surface area contributed by atoms with Crippen molar-refractivity contribution in [2.75, 3.05) is 20.3 Å². The van der Waals surface area contributed by atoms with E-state index in [1.54, 1.807) is 12.0 Å². The third-order valence-electron chi connectivity index (χ3n) is 3.99. The molecule has 1 aliphatic heterocycles. The standard InChI is InChI=1S/C21H22N2O3S/c1-4-23-20(24)18(27-21(23)22-16-11-7-6-8-12-16)14-15-10-9-13-17(25-3)19(15)26-5-2/h6-14H,4-5H2,1-3H3/b18-14+,22-21?. The van der Waals surface area contributed by atoms with Crippen molar-refractivity contribution in [2.24, 2.45) is 4.99 Å². The third-order valence-corrected chi connectivity index (χ3v) is 5.00. The summed E-state index contributed by atoms with van der Waals surface area (Å²) in [6, 6.07) is 15.3. The summed E-state index contributed by atoms with van der Waals surface area (Å²) in [5, 5.41) is 0.681. The zero-order chi connectivity index (χ0) is 19.2. The first kappa shape index (κ1) is 19.0. The number of amides is 1. The fourth-order valence-corrected chi connectivity index (χ4v) is 3.78. The van der Waals surface area contributed by atoms with Crippen molar-refractivity contribution in [3.8, 4) is 11.5 Å². The minimum absolute atomic E-state index is 0.0533. The normalized spacial score (nSPS) is 17.0. The number of aliphatic imine (C=N–C) groups is 1. The highest BCUT2D eigenvalue weighted by Crippen LogP contribution is 2.38. The van der Waals surface area contributed by atoms with Crippen LogP contribution in [0.25, 0.3) is 6.08 Å². The van der Waals surface area contributed by atoms with Gasteiger partial charge in [0.2, 0.25) is 0 Å². The molecule has 1 heterocycles. The largest absolute Gasteiger partial charge is 0.493 e. The van der Waals surface area contributed by atoms with Crippen molar-refractivity contribution in [1.29, 1.82) is 0 Å². The number of hydrogen-bond donors (Lipinski definition) is 0. The monoisotopic (exact) mass is 382 g/mol. The van der Waals surface area contributed by atoms with Crippen LogP contribution in [0, 0.1) is 0 Å². The Hall–Kier alpha value is -2.73. The topological polar surface area (TPSA) is 51.1 Å². The zero-order valence-electron chi connectivity index (χ0n) is 15.6. The molecular weight excluding hydrogens is 360 g/mol. The van der Waals surface area contributed by atoms with Crippen molar-refractivity contribution in [1.82, 2.24) is 4.90 Å². The van der Waals surface area contributed by atoms with Crippen molar-refractivity contribution in [3.05, 3.63) is 59.0 Å². The second-order valence-corrected chi connectivity index (χ2v) is 6.71. The molecule has 0 unspecified atom stereocenters. The quantitative estimate of drug-likeness (QED) is 0.679. The van der Waals surface area contributed by atoms with Crippen LogP contribution >= 0.6 is 11.8 Å². The molecule has 0 bridgehead atoms. The first-order chi connectivity index (χ1) is 13.2. The Morgan fingerprint density at radius 2 is 1.89 bits per heavy atom. The molecule has 1 amide bonds. The smallest absolute Gasteiger partial charge is 0.266 e. The van der Waals surface area contributed by atoms with Gasteiger partial charge in [0.25, 0.3) is 5.91 Å². The summed E-state index contributed by atoms with van der Waals surface area (Å²) in [4.78, 5) is 19.8. The van der Waals surface area contributed by atoms with Gasteiger partial charge in [0.05, 0.1) is 24.3 Å². The summed E-state index contributed by atoms with van der Waals surface area (Å²) in [6.45, 7) is 4.94. The Balaban J connectivity index is 1.98. The van der Waals surface area contributed by atoms with E-state index in [0.29, 0.717) is 34.7 Å². The number of nitrogens with zero attached hydrogens (tertiary/aromatic N) is 2. The Kier molecular flexibility index (Phi) is 6.19.